The molecule has 0 spiro atoms. The van der Waals surface area contributed by atoms with Crippen LogP contribution < -0.4 is 5.32 Å². The average Bonchev–Trinajstić information content (AvgIpc) is 3.31. The quantitative estimate of drug-likeness (QED) is 0.625. The Bertz CT molecular complexity index is 969. The summed E-state index contributed by atoms with van der Waals surface area (Å²) in [5, 5.41) is 7.23. The van der Waals surface area contributed by atoms with Crippen molar-refractivity contribution in [1.29, 1.82) is 0 Å². The predicted octanol–water partition coefficient (Wildman–Crippen LogP) is 3.01. The maximum Gasteiger partial charge on any atom is 0.272 e. The molecule has 4 rings (SSSR count). The minimum absolute atomic E-state index is 0.117. The molecule has 0 aliphatic carbocycles. The number of hydrogen-bond acceptors (Lipinski definition) is 3. The van der Waals surface area contributed by atoms with E-state index in [0.717, 1.165) is 16.8 Å². The number of rotatable bonds is 4. The van der Waals surface area contributed by atoms with Gasteiger partial charge in [-0.1, -0.05) is 12.1 Å². The van der Waals surface area contributed by atoms with Gasteiger partial charge in [0.25, 0.3) is 5.91 Å². The van der Waals surface area contributed by atoms with Crippen molar-refractivity contribution in [3.8, 4) is 5.69 Å². The Kier molecular flexibility index (Phi) is 3.78. The van der Waals surface area contributed by atoms with E-state index in [1.807, 2.05) is 66.3 Å². The van der Waals surface area contributed by atoms with Crippen LogP contribution in [-0.2, 0) is 0 Å². The number of aromatic nitrogens is 4. The molecule has 0 fully saturated rings. The van der Waals surface area contributed by atoms with Gasteiger partial charge in [0.2, 0.25) is 0 Å². The topological polar surface area (TPSA) is 64.2 Å². The van der Waals surface area contributed by atoms with E-state index < -0.39 is 0 Å². The van der Waals surface area contributed by atoms with Gasteiger partial charge < -0.3 is 9.88 Å². The van der Waals surface area contributed by atoms with E-state index >= 15 is 0 Å². The molecule has 0 saturated carbocycles. The molecule has 3 heterocycles. The Morgan fingerprint density at radius 3 is 2.60 bits per heavy atom. The first kappa shape index (κ1) is 15.1. The Balaban J connectivity index is 1.49. The highest BCUT2D eigenvalue weighted by Crippen LogP contribution is 2.16. The van der Waals surface area contributed by atoms with Crippen LogP contribution in [0.25, 0.3) is 11.2 Å². The number of carbonyl (C=O) groups excluding carboxylic acids is 1. The van der Waals surface area contributed by atoms with Gasteiger partial charge in [0.1, 0.15) is 6.33 Å². The monoisotopic (exact) mass is 331 g/mol. The summed E-state index contributed by atoms with van der Waals surface area (Å²) in [4.78, 5) is 16.4. The molecule has 0 aliphatic rings. The Hall–Kier alpha value is -3.41. The van der Waals surface area contributed by atoms with Crippen LogP contribution in [0.15, 0.2) is 73.4 Å². The summed E-state index contributed by atoms with van der Waals surface area (Å²) in [6, 6.07) is 15.5. The van der Waals surface area contributed by atoms with Gasteiger partial charge in [-0.2, -0.15) is 5.10 Å². The van der Waals surface area contributed by atoms with Crippen molar-refractivity contribution >= 4 is 11.4 Å². The third kappa shape index (κ3) is 3.01. The van der Waals surface area contributed by atoms with Crippen LogP contribution in [0, 0.1) is 0 Å². The van der Waals surface area contributed by atoms with E-state index in [0.29, 0.717) is 5.69 Å². The number of nitrogens with one attached hydrogen (secondary N) is 1. The molecule has 1 atom stereocenters. The van der Waals surface area contributed by atoms with E-state index in [4.69, 9.17) is 0 Å². The molecule has 6 nitrogen and oxygen atoms in total. The molecule has 25 heavy (non-hydrogen) atoms. The summed E-state index contributed by atoms with van der Waals surface area (Å²) >= 11 is 0. The van der Waals surface area contributed by atoms with Crippen molar-refractivity contribution in [1.82, 2.24) is 24.5 Å². The Morgan fingerprint density at radius 2 is 1.88 bits per heavy atom. The van der Waals surface area contributed by atoms with Crippen molar-refractivity contribution in [3.05, 3.63) is 84.7 Å². The van der Waals surface area contributed by atoms with Gasteiger partial charge in [-0.3, -0.25) is 4.79 Å². The van der Waals surface area contributed by atoms with Gasteiger partial charge in [-0.05, 0) is 48.9 Å². The molecule has 124 valence electrons. The number of hydrogen-bond donors (Lipinski definition) is 1. The summed E-state index contributed by atoms with van der Waals surface area (Å²) in [6.07, 6.45) is 7.25. The summed E-state index contributed by atoms with van der Waals surface area (Å²) in [5.74, 6) is -0.203. The first-order valence-electron chi connectivity index (χ1n) is 8.04. The van der Waals surface area contributed by atoms with Gasteiger partial charge in [0.05, 0.1) is 11.6 Å². The second-order valence-corrected chi connectivity index (χ2v) is 5.86. The van der Waals surface area contributed by atoms with Crippen LogP contribution in [-0.4, -0.2) is 25.1 Å². The molecule has 0 unspecified atom stereocenters. The van der Waals surface area contributed by atoms with Crippen LogP contribution in [0.3, 0.4) is 0 Å². The zero-order valence-corrected chi connectivity index (χ0v) is 13.7. The lowest BCUT2D eigenvalue weighted by Crippen LogP contribution is -2.27. The summed E-state index contributed by atoms with van der Waals surface area (Å²) in [6.45, 7) is 1.96. The van der Waals surface area contributed by atoms with Crippen LogP contribution in [0.1, 0.15) is 29.0 Å². The number of amides is 1. The lowest BCUT2D eigenvalue weighted by Gasteiger charge is -2.14. The van der Waals surface area contributed by atoms with Crippen molar-refractivity contribution in [2.45, 2.75) is 13.0 Å². The lowest BCUT2D eigenvalue weighted by molar-refractivity contribution is 0.0934. The molecular weight excluding hydrogens is 314 g/mol. The van der Waals surface area contributed by atoms with Crippen molar-refractivity contribution in [2.75, 3.05) is 0 Å². The van der Waals surface area contributed by atoms with E-state index in [2.05, 4.69) is 15.4 Å². The largest absolute Gasteiger partial charge is 0.344 e. The standard InChI is InChI=1S/C19H17N5O/c1-14(15-4-6-16(7-5-15)23-10-2-3-11-23)21-19(25)18-12-17-8-9-20-13-24(17)22-18/h2-14H,1H3,(H,21,25)/t14-/m1/s1. The maximum absolute atomic E-state index is 12.4. The average molecular weight is 331 g/mol. The number of nitrogens with zero attached hydrogens (tertiary/aromatic N) is 4. The normalized spacial score (nSPS) is 12.2. The second-order valence-electron chi connectivity index (χ2n) is 5.86. The minimum Gasteiger partial charge on any atom is -0.344 e. The highest BCUT2D eigenvalue weighted by Gasteiger charge is 2.14. The first-order valence-corrected chi connectivity index (χ1v) is 8.04. The SMILES string of the molecule is C[C@@H](NC(=O)c1cc2ccncn2n1)c1ccc(-n2cccc2)cc1. The van der Waals surface area contributed by atoms with Gasteiger partial charge >= 0.3 is 0 Å². The molecule has 6 heteroatoms. The zero-order valence-electron chi connectivity index (χ0n) is 13.7. The van der Waals surface area contributed by atoms with Crippen LogP contribution in [0.5, 0.6) is 0 Å². The minimum atomic E-state index is -0.203. The van der Waals surface area contributed by atoms with Crippen molar-refractivity contribution < 1.29 is 4.79 Å². The molecule has 3 aromatic heterocycles. The first-order chi connectivity index (χ1) is 12.2. The fraction of sp³-hybridized carbons (Fsp3) is 0.105. The van der Waals surface area contributed by atoms with E-state index in [1.54, 1.807) is 23.1 Å². The number of carbonyl (C=O) groups is 1. The molecule has 1 amide bonds. The maximum atomic E-state index is 12.4. The number of fused-ring (bicyclic) bond motifs is 1. The molecular formula is C19H17N5O. The predicted molar refractivity (Wildman–Crippen MR) is 94.6 cm³/mol. The highest BCUT2D eigenvalue weighted by molar-refractivity contribution is 5.93. The summed E-state index contributed by atoms with van der Waals surface area (Å²) in [5.41, 5.74) is 3.34. The second kappa shape index (κ2) is 6.24. The van der Waals surface area contributed by atoms with Crippen LogP contribution in [0.2, 0.25) is 0 Å². The van der Waals surface area contributed by atoms with Gasteiger partial charge in [-0.25, -0.2) is 9.50 Å². The number of benzene rings is 1. The molecule has 0 aliphatic heterocycles. The van der Waals surface area contributed by atoms with E-state index in [-0.39, 0.29) is 11.9 Å². The van der Waals surface area contributed by atoms with E-state index in [1.165, 1.54) is 0 Å². The van der Waals surface area contributed by atoms with Gasteiger partial charge in [-0.15, -0.1) is 0 Å². The molecule has 4 aromatic rings. The molecule has 1 N–H and O–H groups in total. The zero-order chi connectivity index (χ0) is 17.2. The van der Waals surface area contributed by atoms with Gasteiger partial charge in [0, 0.05) is 24.3 Å². The summed E-state index contributed by atoms with van der Waals surface area (Å²) < 4.78 is 3.63. The summed E-state index contributed by atoms with van der Waals surface area (Å²) in [7, 11) is 0. The third-order valence-electron chi connectivity index (χ3n) is 4.15. The molecule has 0 saturated heterocycles. The van der Waals surface area contributed by atoms with Crippen LogP contribution in [0.4, 0.5) is 0 Å². The van der Waals surface area contributed by atoms with E-state index in [9.17, 15) is 4.79 Å². The molecule has 0 radical (unpaired) electrons. The molecule has 1 aromatic carbocycles. The lowest BCUT2D eigenvalue weighted by atomic mass is 10.1. The van der Waals surface area contributed by atoms with Crippen LogP contribution >= 0.6 is 0 Å². The fourth-order valence-electron chi connectivity index (χ4n) is 2.75. The Morgan fingerprint density at radius 1 is 1.12 bits per heavy atom. The Labute approximate surface area is 144 Å². The van der Waals surface area contributed by atoms with Gasteiger partial charge in [0.15, 0.2) is 5.69 Å². The fourth-order valence-corrected chi connectivity index (χ4v) is 2.75. The smallest absolute Gasteiger partial charge is 0.272 e. The van der Waals surface area contributed by atoms with Crippen molar-refractivity contribution in [3.63, 3.8) is 0 Å². The third-order valence-corrected chi connectivity index (χ3v) is 4.15. The molecule has 0 bridgehead atoms. The highest BCUT2D eigenvalue weighted by atomic mass is 16.2. The van der Waals surface area contributed by atoms with Crippen molar-refractivity contribution in [2.24, 2.45) is 0 Å².